The first-order valence-electron chi connectivity index (χ1n) is 0.660. The minimum atomic E-state index is -3.92. The van der Waals surface area contributed by atoms with E-state index in [0.717, 1.165) is 0 Å². The van der Waals surface area contributed by atoms with Crippen molar-refractivity contribution in [1.29, 1.82) is 0 Å². The van der Waals surface area contributed by atoms with Crippen molar-refractivity contribution in [2.75, 3.05) is 0 Å². The summed E-state index contributed by atoms with van der Waals surface area (Å²) in [5.74, 6) is 0. The van der Waals surface area contributed by atoms with Gasteiger partial charge >= 0.3 is 36.4 Å². The first-order chi connectivity index (χ1) is 2.00. The molecule has 0 aliphatic heterocycles. The monoisotopic (exact) mass is 137 g/mol. The second-order valence-corrected chi connectivity index (χ2v) is 2.91. The fourth-order valence-corrected chi connectivity index (χ4v) is 0. The average Bonchev–Trinajstić information content (AvgIpc) is 0.722. The molecule has 1 N–H and O–H groups in total. The van der Waals surface area contributed by atoms with Crippen LogP contribution in [0, 0.1) is 0 Å². The molecular weight excluding hydrogens is 136 g/mol. The summed E-state index contributed by atoms with van der Waals surface area (Å²) in [4.78, 5) is 0. The first-order valence-corrected chi connectivity index (χ1v) is 3.33. The van der Waals surface area contributed by atoms with E-state index in [1.807, 2.05) is 0 Å². The molecule has 0 saturated heterocycles. The Morgan fingerprint density at radius 2 is 1.60 bits per heavy atom. The van der Waals surface area contributed by atoms with Crippen LogP contribution in [0.15, 0.2) is 0 Å². The molecule has 0 spiro atoms. The zero-order valence-electron chi connectivity index (χ0n) is 2.03. The molecule has 5 heavy (non-hydrogen) atoms. The molecule has 0 unspecified atom stereocenters. The summed E-state index contributed by atoms with van der Waals surface area (Å²) >= 11 is 2.30. The van der Waals surface area contributed by atoms with Gasteiger partial charge in [-0.15, -0.1) is 0 Å². The standard InChI is InChI=1S/Fe.HO3S/c;1-4(2)3/h;(H,1,2,3). The predicted molar refractivity (Wildman–Crippen MR) is 11.5 cm³/mol. The Morgan fingerprint density at radius 3 is 1.60 bits per heavy atom. The Morgan fingerprint density at radius 1 is 1.60 bits per heavy atom. The Hall–Kier alpha value is 0.429. The van der Waals surface area contributed by atoms with Crippen molar-refractivity contribution in [1.82, 2.24) is 0 Å². The van der Waals surface area contributed by atoms with E-state index in [9.17, 15) is 0 Å². The zero-order valence-corrected chi connectivity index (χ0v) is 3.95. The van der Waals surface area contributed by atoms with Crippen molar-refractivity contribution in [2.24, 2.45) is 0 Å². The van der Waals surface area contributed by atoms with Crippen molar-refractivity contribution in [3.8, 4) is 0 Å². The van der Waals surface area contributed by atoms with Gasteiger partial charge in [0.05, 0.1) is 0 Å². The van der Waals surface area contributed by atoms with Crippen LogP contribution < -0.4 is 0 Å². The summed E-state index contributed by atoms with van der Waals surface area (Å²) in [7, 11) is -3.92. The molecule has 5 heteroatoms. The summed E-state index contributed by atoms with van der Waals surface area (Å²) in [6.45, 7) is 0. The molecule has 0 amide bonds. The van der Waals surface area contributed by atoms with Gasteiger partial charge < -0.3 is 0 Å². The van der Waals surface area contributed by atoms with E-state index in [-0.39, 0.29) is 0 Å². The van der Waals surface area contributed by atoms with Crippen molar-refractivity contribution in [3.63, 3.8) is 0 Å². The molecule has 0 aliphatic carbocycles. The van der Waals surface area contributed by atoms with Crippen LogP contribution in [0.2, 0.25) is 0 Å². The summed E-state index contributed by atoms with van der Waals surface area (Å²) in [5, 5.41) is 0. The predicted octanol–water partition coefficient (Wildman–Crippen LogP) is -0.664. The molecular formula is HFeO3S. The second kappa shape index (κ2) is 1.26. The second-order valence-electron chi connectivity index (χ2n) is 0.400. The fraction of sp³-hybridized carbons (Fsp3) is 0. The van der Waals surface area contributed by atoms with Gasteiger partial charge in [-0.3, -0.25) is 0 Å². The molecule has 0 bridgehead atoms. The van der Waals surface area contributed by atoms with Crippen LogP contribution in [0.25, 0.3) is 0 Å². The molecule has 0 heterocycles. The summed E-state index contributed by atoms with van der Waals surface area (Å²) < 4.78 is 25.5. The maximum absolute atomic E-state index is 9.08. The SMILES string of the molecule is O=[S](=O)(O)[Fe]. The molecule has 0 fully saturated rings. The number of hydrogen-bond acceptors (Lipinski definition) is 2. The molecule has 0 aromatic heterocycles. The van der Waals surface area contributed by atoms with Gasteiger partial charge in [-0.2, -0.15) is 0 Å². The van der Waals surface area contributed by atoms with Crippen LogP contribution in [0.3, 0.4) is 0 Å². The molecule has 0 aromatic carbocycles. The van der Waals surface area contributed by atoms with Crippen LogP contribution in [0.4, 0.5) is 0 Å². The van der Waals surface area contributed by atoms with Crippen LogP contribution in [0.1, 0.15) is 0 Å². The van der Waals surface area contributed by atoms with Crippen molar-refractivity contribution >= 4 is 8.54 Å². The van der Waals surface area contributed by atoms with Gasteiger partial charge in [0.25, 0.3) is 0 Å². The summed E-state index contributed by atoms with van der Waals surface area (Å²) in [5.41, 5.74) is 0. The molecule has 0 aliphatic rings. The Labute approximate surface area is 37.0 Å². The number of hydrogen-bond donors (Lipinski definition) is 1. The van der Waals surface area contributed by atoms with Crippen LogP contribution in [-0.2, 0) is 23.4 Å². The molecule has 3 nitrogen and oxygen atoms in total. The number of rotatable bonds is 0. The van der Waals surface area contributed by atoms with Crippen molar-refractivity contribution < 1.29 is 27.9 Å². The third-order valence-corrected chi connectivity index (χ3v) is 0. The van der Waals surface area contributed by atoms with E-state index in [2.05, 4.69) is 14.9 Å². The van der Waals surface area contributed by atoms with Crippen molar-refractivity contribution in [3.05, 3.63) is 0 Å². The fourth-order valence-electron chi connectivity index (χ4n) is 0. The molecule has 0 atom stereocenters. The average molecular weight is 137 g/mol. The topological polar surface area (TPSA) is 54.4 Å². The van der Waals surface area contributed by atoms with E-state index in [0.29, 0.717) is 0 Å². The third kappa shape index (κ3) is 142. The van der Waals surface area contributed by atoms with Crippen LogP contribution in [-0.4, -0.2) is 13.0 Å². The van der Waals surface area contributed by atoms with Gasteiger partial charge in [0.15, 0.2) is 0 Å². The normalized spacial score (nSPS) is 11.6. The molecule has 0 aromatic rings. The van der Waals surface area contributed by atoms with Gasteiger partial charge in [-0.05, 0) is 0 Å². The van der Waals surface area contributed by atoms with E-state index >= 15 is 0 Å². The van der Waals surface area contributed by atoms with E-state index in [4.69, 9.17) is 13.0 Å². The van der Waals surface area contributed by atoms with Crippen molar-refractivity contribution in [2.45, 2.75) is 0 Å². The third-order valence-electron chi connectivity index (χ3n) is 0. The van der Waals surface area contributed by atoms with Crippen LogP contribution >= 0.6 is 0 Å². The van der Waals surface area contributed by atoms with Gasteiger partial charge in [0.1, 0.15) is 0 Å². The van der Waals surface area contributed by atoms with Gasteiger partial charge in [-0.25, -0.2) is 0 Å². The van der Waals surface area contributed by atoms with E-state index in [1.54, 1.807) is 0 Å². The molecule has 0 rings (SSSR count). The summed E-state index contributed by atoms with van der Waals surface area (Å²) in [6, 6.07) is 0. The molecule has 33 valence electrons. The maximum atomic E-state index is 9.08. The van der Waals surface area contributed by atoms with E-state index in [1.165, 1.54) is 0 Å². The molecule has 0 saturated carbocycles. The Balaban J connectivity index is 4.06. The van der Waals surface area contributed by atoms with Gasteiger partial charge in [0, 0.05) is 0 Å². The quantitative estimate of drug-likeness (QED) is 0.356. The van der Waals surface area contributed by atoms with Crippen LogP contribution in [0.5, 0.6) is 0 Å². The molecule has 0 radical (unpaired) electrons. The minimum absolute atomic E-state index is 2.30. The zero-order chi connectivity index (χ0) is 4.50. The van der Waals surface area contributed by atoms with Gasteiger partial charge in [-0.1, -0.05) is 0 Å². The van der Waals surface area contributed by atoms with E-state index < -0.39 is 8.54 Å². The Kier molecular flexibility index (Phi) is 1.37. The first kappa shape index (κ1) is 5.43. The van der Waals surface area contributed by atoms with Gasteiger partial charge in [0.2, 0.25) is 0 Å². The summed E-state index contributed by atoms with van der Waals surface area (Å²) in [6.07, 6.45) is 0. The Bertz CT molecular complexity index is 90.1.